The molecule has 0 bridgehead atoms. The average Bonchev–Trinajstić information content (AvgIpc) is 3.12. The van der Waals surface area contributed by atoms with Crippen LogP contribution in [0.3, 0.4) is 0 Å². The van der Waals surface area contributed by atoms with Crippen LogP contribution in [0.5, 0.6) is 5.75 Å². The maximum Gasteiger partial charge on any atom is 0.306 e. The molecule has 0 aromatic heterocycles. The topological polar surface area (TPSA) is 90.0 Å². The summed E-state index contributed by atoms with van der Waals surface area (Å²) in [6, 6.07) is 5.09. The highest BCUT2D eigenvalue weighted by atomic mass is 35.5. The number of ether oxygens (including phenoxy) is 2. The Hall–Kier alpha value is -1.80. The zero-order chi connectivity index (χ0) is 23.1. The van der Waals surface area contributed by atoms with Gasteiger partial charge in [-0.05, 0) is 56.4 Å². The second-order valence-corrected chi connectivity index (χ2v) is 11.3. The molecule has 0 N–H and O–H groups in total. The van der Waals surface area contributed by atoms with Gasteiger partial charge >= 0.3 is 5.97 Å². The minimum Gasteiger partial charge on any atom is -0.494 e. The third-order valence-corrected chi connectivity index (χ3v) is 8.31. The van der Waals surface area contributed by atoms with Gasteiger partial charge in [0, 0.05) is 23.5 Å². The second-order valence-electron chi connectivity index (χ2n) is 8.67. The molecule has 7 nitrogen and oxygen atoms in total. The van der Waals surface area contributed by atoms with E-state index in [1.54, 1.807) is 17.0 Å². The van der Waals surface area contributed by atoms with Gasteiger partial charge in [0.2, 0.25) is 0 Å². The Morgan fingerprint density at radius 3 is 2.53 bits per heavy atom. The summed E-state index contributed by atoms with van der Waals surface area (Å²) in [5.74, 6) is 0.0495. The van der Waals surface area contributed by atoms with Crippen molar-refractivity contribution in [3.8, 4) is 5.75 Å². The van der Waals surface area contributed by atoms with Crippen LogP contribution < -0.4 is 4.74 Å². The van der Waals surface area contributed by atoms with E-state index in [2.05, 4.69) is 0 Å². The van der Waals surface area contributed by atoms with Crippen LogP contribution in [0.15, 0.2) is 18.2 Å². The van der Waals surface area contributed by atoms with Crippen LogP contribution in [0.2, 0.25) is 5.02 Å². The van der Waals surface area contributed by atoms with E-state index in [0.29, 0.717) is 30.2 Å². The number of benzene rings is 1. The van der Waals surface area contributed by atoms with E-state index in [4.69, 9.17) is 21.1 Å². The number of halogens is 1. The number of amides is 1. The molecule has 32 heavy (non-hydrogen) atoms. The van der Waals surface area contributed by atoms with Crippen LogP contribution in [0.4, 0.5) is 0 Å². The summed E-state index contributed by atoms with van der Waals surface area (Å²) in [4.78, 5) is 26.8. The van der Waals surface area contributed by atoms with Gasteiger partial charge in [0.15, 0.2) is 16.4 Å². The van der Waals surface area contributed by atoms with Crippen LogP contribution in [0, 0.1) is 6.92 Å². The molecule has 0 radical (unpaired) electrons. The van der Waals surface area contributed by atoms with Crippen molar-refractivity contribution in [3.63, 3.8) is 0 Å². The first-order valence-electron chi connectivity index (χ1n) is 11.3. The molecule has 9 heteroatoms. The van der Waals surface area contributed by atoms with E-state index in [-0.39, 0.29) is 42.5 Å². The molecular formula is C23H32ClNO6S. The number of carbonyl (C=O) groups is 2. The fraction of sp³-hybridized carbons (Fsp3) is 0.652. The summed E-state index contributed by atoms with van der Waals surface area (Å²) in [6.07, 6.45) is 5.99. The first-order valence-corrected chi connectivity index (χ1v) is 13.5. The van der Waals surface area contributed by atoms with Crippen LogP contribution in [-0.4, -0.2) is 62.0 Å². The van der Waals surface area contributed by atoms with Gasteiger partial charge in [-0.15, -0.1) is 0 Å². The third-order valence-electron chi connectivity index (χ3n) is 6.14. The van der Waals surface area contributed by atoms with Crippen molar-refractivity contribution in [1.29, 1.82) is 0 Å². The summed E-state index contributed by atoms with van der Waals surface area (Å²) in [6.45, 7) is 1.89. The minimum atomic E-state index is -3.11. The highest BCUT2D eigenvalue weighted by Gasteiger charge is 2.38. The van der Waals surface area contributed by atoms with Gasteiger partial charge in [-0.3, -0.25) is 9.59 Å². The number of hydrogen-bond donors (Lipinski definition) is 0. The van der Waals surface area contributed by atoms with E-state index in [0.717, 1.165) is 37.7 Å². The number of carbonyl (C=O) groups excluding carboxylic acids is 2. The molecule has 1 amide bonds. The highest BCUT2D eigenvalue weighted by Crippen LogP contribution is 2.28. The third kappa shape index (κ3) is 7.10. The summed E-state index contributed by atoms with van der Waals surface area (Å²) in [5, 5.41) is 0.670. The number of aryl methyl sites for hydroxylation is 1. The molecule has 1 aliphatic heterocycles. The van der Waals surface area contributed by atoms with Gasteiger partial charge in [-0.2, -0.15) is 0 Å². The van der Waals surface area contributed by atoms with Crippen molar-refractivity contribution in [2.24, 2.45) is 0 Å². The Bertz CT molecular complexity index is 913. The Morgan fingerprint density at radius 1 is 1.12 bits per heavy atom. The maximum atomic E-state index is 12.9. The number of nitrogens with zero attached hydrogens (tertiary/aromatic N) is 1. The number of esters is 1. The molecule has 1 saturated heterocycles. The SMILES string of the molecule is Cc1cc(OCCCC(=O)OCC(=O)N(C2CCCCC2)C2CCS(=O)(=O)C2)ccc1Cl. The number of hydrogen-bond acceptors (Lipinski definition) is 6. The lowest BCUT2D eigenvalue weighted by atomic mass is 9.93. The molecule has 1 saturated carbocycles. The van der Waals surface area contributed by atoms with Crippen LogP contribution >= 0.6 is 11.6 Å². The zero-order valence-electron chi connectivity index (χ0n) is 18.6. The number of rotatable bonds is 9. The predicted molar refractivity (Wildman–Crippen MR) is 123 cm³/mol. The fourth-order valence-corrected chi connectivity index (χ4v) is 6.29. The molecule has 1 aromatic carbocycles. The van der Waals surface area contributed by atoms with E-state index in [1.807, 2.05) is 13.0 Å². The molecule has 3 rings (SSSR count). The van der Waals surface area contributed by atoms with Crippen LogP contribution in [-0.2, 0) is 24.2 Å². The molecule has 1 atom stereocenters. The van der Waals surface area contributed by atoms with Crippen LogP contribution in [0.25, 0.3) is 0 Å². The lowest BCUT2D eigenvalue weighted by Gasteiger charge is -2.38. The lowest BCUT2D eigenvalue weighted by molar-refractivity contribution is -0.154. The second kappa shape index (κ2) is 11.4. The van der Waals surface area contributed by atoms with Crippen molar-refractivity contribution in [2.45, 2.75) is 70.4 Å². The summed E-state index contributed by atoms with van der Waals surface area (Å²) >= 11 is 5.99. The smallest absolute Gasteiger partial charge is 0.306 e. The Kier molecular flexibility index (Phi) is 8.82. The predicted octanol–water partition coefficient (Wildman–Crippen LogP) is 3.70. The van der Waals surface area contributed by atoms with Crippen molar-refractivity contribution in [1.82, 2.24) is 4.90 Å². The monoisotopic (exact) mass is 485 g/mol. The van der Waals surface area contributed by atoms with Gasteiger partial charge in [0.25, 0.3) is 5.91 Å². The summed E-state index contributed by atoms with van der Waals surface area (Å²) in [5.41, 5.74) is 0.916. The maximum absolute atomic E-state index is 12.9. The molecule has 1 unspecified atom stereocenters. The van der Waals surface area contributed by atoms with E-state index < -0.39 is 15.8 Å². The van der Waals surface area contributed by atoms with E-state index >= 15 is 0 Å². The van der Waals surface area contributed by atoms with Crippen molar-refractivity contribution < 1.29 is 27.5 Å². The molecule has 178 valence electrons. The van der Waals surface area contributed by atoms with Gasteiger partial charge in [0.1, 0.15) is 5.75 Å². The minimum absolute atomic E-state index is 0.00466. The lowest BCUT2D eigenvalue weighted by Crippen LogP contribution is -2.50. The molecular weight excluding hydrogens is 454 g/mol. The Balaban J connectivity index is 1.45. The molecule has 2 fully saturated rings. The van der Waals surface area contributed by atoms with Crippen LogP contribution in [0.1, 0.15) is 56.9 Å². The standard InChI is InChI=1S/C23H32ClNO6S/c1-17-14-20(9-10-21(17)24)30-12-5-8-23(27)31-15-22(26)25(18-6-3-2-4-7-18)19-11-13-32(28,29)16-19/h9-10,14,18-19H,2-8,11-13,15-16H2,1H3. The molecule has 1 heterocycles. The van der Waals surface area contributed by atoms with Crippen molar-refractivity contribution >= 4 is 33.3 Å². The first kappa shape index (κ1) is 24.8. The number of sulfone groups is 1. The van der Waals surface area contributed by atoms with Crippen molar-refractivity contribution in [3.05, 3.63) is 28.8 Å². The van der Waals surface area contributed by atoms with Gasteiger partial charge < -0.3 is 14.4 Å². The van der Waals surface area contributed by atoms with E-state index in [9.17, 15) is 18.0 Å². The zero-order valence-corrected chi connectivity index (χ0v) is 20.1. The fourth-order valence-electron chi connectivity index (χ4n) is 4.46. The average molecular weight is 486 g/mol. The summed E-state index contributed by atoms with van der Waals surface area (Å²) < 4.78 is 34.8. The summed E-state index contributed by atoms with van der Waals surface area (Å²) in [7, 11) is -3.11. The molecule has 2 aliphatic rings. The van der Waals surface area contributed by atoms with E-state index in [1.165, 1.54) is 0 Å². The van der Waals surface area contributed by atoms with Gasteiger partial charge in [-0.25, -0.2) is 8.42 Å². The molecule has 0 spiro atoms. The highest BCUT2D eigenvalue weighted by molar-refractivity contribution is 7.91. The van der Waals surface area contributed by atoms with Gasteiger partial charge in [-0.1, -0.05) is 30.9 Å². The first-order chi connectivity index (χ1) is 15.2. The molecule has 1 aromatic rings. The normalized spacial score (nSPS) is 20.6. The van der Waals surface area contributed by atoms with Crippen molar-refractivity contribution in [2.75, 3.05) is 24.7 Å². The largest absolute Gasteiger partial charge is 0.494 e. The quantitative estimate of drug-likeness (QED) is 0.391. The van der Waals surface area contributed by atoms with Gasteiger partial charge in [0.05, 0.1) is 18.1 Å². The Morgan fingerprint density at radius 2 is 1.88 bits per heavy atom. The molecule has 1 aliphatic carbocycles. The Labute approximate surface area is 195 Å².